The topological polar surface area (TPSA) is 126 Å². The fraction of sp³-hybridized carbons (Fsp3) is 0.211. The van der Waals surface area contributed by atoms with Gasteiger partial charge in [-0.2, -0.15) is 13.2 Å². The lowest BCUT2D eigenvalue weighted by Crippen LogP contribution is -2.08. The van der Waals surface area contributed by atoms with Crippen molar-refractivity contribution in [2.75, 3.05) is 0 Å². The molecule has 2 aromatic carbocycles. The first-order valence-electron chi connectivity index (χ1n) is 8.80. The smallest absolute Gasteiger partial charge is 0.416 e. The van der Waals surface area contributed by atoms with Gasteiger partial charge in [0.05, 0.1) is 15.4 Å². The highest BCUT2D eigenvalue weighted by Gasteiger charge is 2.38. The highest BCUT2D eigenvalue weighted by Crippen LogP contribution is 2.44. The maximum absolute atomic E-state index is 13.0. The van der Waals surface area contributed by atoms with E-state index in [1.165, 1.54) is 24.3 Å². The Morgan fingerprint density at radius 1 is 1.03 bits per heavy atom. The summed E-state index contributed by atoms with van der Waals surface area (Å²) in [7, 11) is 0. The van der Waals surface area contributed by atoms with Crippen LogP contribution in [0, 0.1) is 20.2 Å². The largest absolute Gasteiger partial charge is 0.444 e. The normalized spacial score (nSPS) is 11.5. The van der Waals surface area contributed by atoms with Gasteiger partial charge in [0.2, 0.25) is 0 Å². The van der Waals surface area contributed by atoms with Crippen molar-refractivity contribution in [3.8, 4) is 11.5 Å². The van der Waals surface area contributed by atoms with Gasteiger partial charge in [-0.25, -0.2) is 4.79 Å². The van der Waals surface area contributed by atoms with Crippen molar-refractivity contribution in [2.45, 2.75) is 25.9 Å². The number of hydrogen-bond acceptors (Lipinski definition) is 7. The number of ether oxygens (including phenoxy) is 1. The highest BCUT2D eigenvalue weighted by atomic mass is 19.4. The average Bonchev–Trinajstić information content (AvgIpc) is 2.66. The molecule has 12 heteroatoms. The van der Waals surface area contributed by atoms with Crippen molar-refractivity contribution in [1.29, 1.82) is 0 Å². The Labute approximate surface area is 171 Å². The number of hydrogen-bond donors (Lipinski definition) is 0. The molecule has 3 rings (SSSR count). The number of nitro benzene ring substituents is 2. The summed E-state index contributed by atoms with van der Waals surface area (Å²) < 4.78 is 49.4. The second-order valence-corrected chi connectivity index (χ2v) is 6.46. The van der Waals surface area contributed by atoms with Crippen LogP contribution in [-0.2, 0) is 12.6 Å². The highest BCUT2D eigenvalue weighted by molar-refractivity contribution is 5.81. The van der Waals surface area contributed by atoms with Gasteiger partial charge in [0.25, 0.3) is 5.75 Å². The molecule has 9 nitrogen and oxygen atoms in total. The van der Waals surface area contributed by atoms with Gasteiger partial charge in [-0.1, -0.05) is 13.3 Å². The first-order chi connectivity index (χ1) is 14.5. The Hall–Kier alpha value is -3.96. The molecule has 0 aliphatic carbocycles. The summed E-state index contributed by atoms with van der Waals surface area (Å²) in [6, 6.07) is 5.61. The van der Waals surface area contributed by atoms with E-state index in [2.05, 4.69) is 0 Å². The van der Waals surface area contributed by atoms with Crippen LogP contribution in [-0.4, -0.2) is 9.85 Å². The fourth-order valence-electron chi connectivity index (χ4n) is 3.01. The fourth-order valence-corrected chi connectivity index (χ4v) is 3.01. The van der Waals surface area contributed by atoms with Crippen LogP contribution in [0.4, 0.5) is 24.5 Å². The summed E-state index contributed by atoms with van der Waals surface area (Å²) >= 11 is 0. The van der Waals surface area contributed by atoms with Crippen LogP contribution in [0.3, 0.4) is 0 Å². The predicted molar refractivity (Wildman–Crippen MR) is 101 cm³/mol. The maximum Gasteiger partial charge on any atom is 0.416 e. The molecule has 0 bridgehead atoms. The van der Waals surface area contributed by atoms with E-state index in [1.54, 1.807) is 0 Å². The lowest BCUT2D eigenvalue weighted by molar-refractivity contribution is -0.396. The van der Waals surface area contributed by atoms with E-state index < -0.39 is 44.3 Å². The minimum atomic E-state index is -5.05. The van der Waals surface area contributed by atoms with Gasteiger partial charge in [-0.05, 0) is 24.1 Å². The van der Waals surface area contributed by atoms with Crippen LogP contribution in [0.1, 0.15) is 24.5 Å². The molecule has 0 aliphatic heterocycles. The Kier molecular flexibility index (Phi) is 5.64. The van der Waals surface area contributed by atoms with Crippen molar-refractivity contribution < 1.29 is 32.2 Å². The third-order valence-electron chi connectivity index (χ3n) is 4.31. The quantitative estimate of drug-likeness (QED) is 0.288. The van der Waals surface area contributed by atoms with Crippen molar-refractivity contribution in [1.82, 2.24) is 0 Å². The SMILES string of the molecule is CCCc1cc(=O)oc2cc(Oc3c([N+](=O)[O-])cc(C(F)(F)F)cc3[N+](=O)[O-])ccc12. The third kappa shape index (κ3) is 4.47. The summed E-state index contributed by atoms with van der Waals surface area (Å²) in [4.78, 5) is 32.0. The van der Waals surface area contributed by atoms with Crippen LogP contribution in [0.2, 0.25) is 0 Å². The van der Waals surface area contributed by atoms with Crippen molar-refractivity contribution >= 4 is 22.3 Å². The van der Waals surface area contributed by atoms with Crippen molar-refractivity contribution in [3.63, 3.8) is 0 Å². The van der Waals surface area contributed by atoms with E-state index in [-0.39, 0.29) is 23.5 Å². The molecule has 0 fully saturated rings. The zero-order valence-electron chi connectivity index (χ0n) is 15.8. The molecule has 31 heavy (non-hydrogen) atoms. The molecule has 0 N–H and O–H groups in total. The Morgan fingerprint density at radius 2 is 1.65 bits per heavy atom. The average molecular weight is 438 g/mol. The number of benzene rings is 2. The molecule has 0 saturated heterocycles. The van der Waals surface area contributed by atoms with Gasteiger partial charge in [0.15, 0.2) is 0 Å². The van der Waals surface area contributed by atoms with E-state index in [0.717, 1.165) is 6.42 Å². The zero-order chi connectivity index (χ0) is 22.9. The van der Waals surface area contributed by atoms with E-state index in [0.29, 0.717) is 17.4 Å². The number of nitro groups is 2. The molecule has 0 unspecified atom stereocenters. The van der Waals surface area contributed by atoms with Crippen LogP contribution in [0.15, 0.2) is 45.6 Å². The summed E-state index contributed by atoms with van der Waals surface area (Å²) in [5.74, 6) is -1.18. The van der Waals surface area contributed by atoms with Gasteiger partial charge in [-0.15, -0.1) is 0 Å². The summed E-state index contributed by atoms with van der Waals surface area (Å²) in [5, 5.41) is 23.2. The lowest BCUT2D eigenvalue weighted by Gasteiger charge is -2.11. The van der Waals surface area contributed by atoms with Gasteiger partial charge in [0.1, 0.15) is 11.3 Å². The molecular weight excluding hydrogens is 425 g/mol. The van der Waals surface area contributed by atoms with Crippen LogP contribution < -0.4 is 10.4 Å². The first-order valence-corrected chi connectivity index (χ1v) is 8.80. The van der Waals surface area contributed by atoms with Gasteiger partial charge in [-0.3, -0.25) is 20.2 Å². The molecule has 0 aliphatic rings. The number of rotatable bonds is 6. The standard InChI is InChI=1S/C19H13F3N2O7/c1-2-3-10-6-17(25)31-16-9-12(4-5-13(10)16)30-18-14(23(26)27)7-11(19(20,21)22)8-15(18)24(28)29/h4-9H,2-3H2,1H3. The van der Waals surface area contributed by atoms with Crippen LogP contribution >= 0.6 is 0 Å². The Bertz CT molecular complexity index is 1220. The van der Waals surface area contributed by atoms with E-state index >= 15 is 0 Å². The molecule has 1 heterocycles. The number of alkyl halides is 3. The van der Waals surface area contributed by atoms with E-state index in [4.69, 9.17) is 9.15 Å². The minimum absolute atomic E-state index is 0.0608. The Morgan fingerprint density at radius 3 is 2.16 bits per heavy atom. The summed E-state index contributed by atoms with van der Waals surface area (Å²) in [6.07, 6.45) is -3.74. The summed E-state index contributed by atoms with van der Waals surface area (Å²) in [6.45, 7) is 1.90. The Balaban J connectivity index is 2.17. The molecule has 162 valence electrons. The first kappa shape index (κ1) is 21.7. The molecule has 0 spiro atoms. The lowest BCUT2D eigenvalue weighted by atomic mass is 10.1. The number of fused-ring (bicyclic) bond motifs is 1. The maximum atomic E-state index is 13.0. The molecule has 0 saturated carbocycles. The van der Waals surface area contributed by atoms with Crippen LogP contribution in [0.5, 0.6) is 11.5 Å². The number of halogens is 3. The second-order valence-electron chi connectivity index (χ2n) is 6.46. The number of aryl methyl sites for hydroxylation is 1. The van der Waals surface area contributed by atoms with E-state index in [9.17, 15) is 38.2 Å². The molecule has 0 radical (unpaired) electrons. The van der Waals surface area contributed by atoms with Gasteiger partial charge < -0.3 is 9.15 Å². The predicted octanol–water partition coefficient (Wildman–Crippen LogP) is 5.37. The van der Waals surface area contributed by atoms with Crippen molar-refractivity contribution in [3.05, 3.63) is 78.2 Å². The number of nitrogens with zero attached hydrogens (tertiary/aromatic N) is 2. The van der Waals surface area contributed by atoms with Crippen LogP contribution in [0.25, 0.3) is 11.0 Å². The molecule has 3 aromatic rings. The van der Waals surface area contributed by atoms with Gasteiger partial charge in [0, 0.05) is 29.7 Å². The third-order valence-corrected chi connectivity index (χ3v) is 4.31. The second kappa shape index (κ2) is 8.05. The molecule has 0 amide bonds. The molecular formula is C19H13F3N2O7. The monoisotopic (exact) mass is 438 g/mol. The molecule has 1 aromatic heterocycles. The zero-order valence-corrected chi connectivity index (χ0v) is 15.8. The molecule has 0 atom stereocenters. The minimum Gasteiger partial charge on any atom is -0.444 e. The van der Waals surface area contributed by atoms with Crippen molar-refractivity contribution in [2.24, 2.45) is 0 Å². The van der Waals surface area contributed by atoms with Gasteiger partial charge >= 0.3 is 23.2 Å². The van der Waals surface area contributed by atoms with E-state index in [1.807, 2.05) is 6.92 Å². The summed E-state index contributed by atoms with van der Waals surface area (Å²) in [5.41, 5.74) is -3.94.